The first-order valence-electron chi connectivity index (χ1n) is 4.85. The fourth-order valence-electron chi connectivity index (χ4n) is 1.24. The maximum absolute atomic E-state index is 5.48. The maximum Gasteiger partial charge on any atom is 0.157 e. The van der Waals surface area contributed by atoms with Crippen LogP contribution in [-0.2, 0) is 13.2 Å². The largest absolute Gasteiger partial charge is 0.484 e. The Hall–Kier alpha value is -1.78. The summed E-state index contributed by atoms with van der Waals surface area (Å²) in [4.78, 5) is 0. The Bertz CT molecular complexity index is 433. The molecule has 0 spiro atoms. The molecule has 0 fully saturated rings. The highest BCUT2D eigenvalue weighted by Gasteiger charge is 2.02. The zero-order valence-electron chi connectivity index (χ0n) is 8.80. The first-order chi connectivity index (χ1) is 7.28. The van der Waals surface area contributed by atoms with Crippen molar-refractivity contribution in [2.45, 2.75) is 27.0 Å². The predicted octanol–water partition coefficient (Wildman–Crippen LogP) is 1.78. The van der Waals surface area contributed by atoms with E-state index in [-0.39, 0.29) is 0 Å². The van der Waals surface area contributed by atoms with Crippen LogP contribution in [0.2, 0.25) is 0 Å². The lowest BCUT2D eigenvalue weighted by Gasteiger charge is -1.98. The van der Waals surface area contributed by atoms with Gasteiger partial charge in [-0.15, -0.1) is 0 Å². The van der Waals surface area contributed by atoms with Gasteiger partial charge in [0.25, 0.3) is 0 Å². The second-order valence-electron chi connectivity index (χ2n) is 3.25. The minimum atomic E-state index is 0.409. The molecule has 0 amide bonds. The van der Waals surface area contributed by atoms with E-state index in [9.17, 15) is 0 Å². The van der Waals surface area contributed by atoms with Crippen molar-refractivity contribution in [1.82, 2.24) is 14.9 Å². The molecule has 0 aromatic carbocycles. The second-order valence-corrected chi connectivity index (χ2v) is 3.25. The van der Waals surface area contributed by atoms with E-state index in [0.717, 1.165) is 23.7 Å². The highest BCUT2D eigenvalue weighted by molar-refractivity contribution is 5.12. The van der Waals surface area contributed by atoms with E-state index < -0.39 is 0 Å². The summed E-state index contributed by atoms with van der Waals surface area (Å²) in [7, 11) is 0. The molecule has 80 valence electrons. The summed E-state index contributed by atoms with van der Waals surface area (Å²) in [5.74, 6) is 1.54. The van der Waals surface area contributed by atoms with Crippen LogP contribution in [0.4, 0.5) is 0 Å². The zero-order chi connectivity index (χ0) is 10.7. The van der Waals surface area contributed by atoms with Crippen molar-refractivity contribution in [3.05, 3.63) is 29.9 Å². The quantitative estimate of drug-likeness (QED) is 0.766. The Labute approximate surface area is 87.6 Å². The molecular weight excluding hydrogens is 194 g/mol. The van der Waals surface area contributed by atoms with Gasteiger partial charge >= 0.3 is 0 Å². The van der Waals surface area contributed by atoms with Crippen molar-refractivity contribution in [3.8, 4) is 5.75 Å². The van der Waals surface area contributed by atoms with Gasteiger partial charge in [0, 0.05) is 12.6 Å². The van der Waals surface area contributed by atoms with Crippen LogP contribution in [0.15, 0.2) is 23.0 Å². The molecular formula is C10H13N3O2. The van der Waals surface area contributed by atoms with E-state index in [1.54, 1.807) is 6.20 Å². The molecule has 0 saturated heterocycles. The maximum atomic E-state index is 5.48. The molecule has 2 heterocycles. The van der Waals surface area contributed by atoms with Crippen LogP contribution in [0.25, 0.3) is 0 Å². The van der Waals surface area contributed by atoms with Gasteiger partial charge in [0.05, 0.1) is 12.4 Å². The van der Waals surface area contributed by atoms with Crippen LogP contribution >= 0.6 is 0 Å². The molecule has 0 aliphatic rings. The van der Waals surface area contributed by atoms with E-state index in [2.05, 4.69) is 10.3 Å². The van der Waals surface area contributed by atoms with Crippen LogP contribution < -0.4 is 4.74 Å². The third kappa shape index (κ3) is 2.37. The van der Waals surface area contributed by atoms with Crippen LogP contribution in [-0.4, -0.2) is 14.9 Å². The van der Waals surface area contributed by atoms with Crippen molar-refractivity contribution in [2.75, 3.05) is 0 Å². The number of rotatable bonds is 4. The monoisotopic (exact) mass is 207 g/mol. The van der Waals surface area contributed by atoms with Crippen molar-refractivity contribution in [1.29, 1.82) is 0 Å². The van der Waals surface area contributed by atoms with Gasteiger partial charge in [-0.2, -0.15) is 5.10 Å². The predicted molar refractivity (Wildman–Crippen MR) is 53.5 cm³/mol. The van der Waals surface area contributed by atoms with E-state index in [1.165, 1.54) is 0 Å². The van der Waals surface area contributed by atoms with Gasteiger partial charge in [0.2, 0.25) is 0 Å². The number of hydrogen-bond acceptors (Lipinski definition) is 4. The summed E-state index contributed by atoms with van der Waals surface area (Å²) >= 11 is 0. The van der Waals surface area contributed by atoms with E-state index in [4.69, 9.17) is 9.26 Å². The first kappa shape index (κ1) is 9.76. The standard InChI is InChI=1S/C10H13N3O2/c1-3-13-6-10(5-11-13)14-7-9-4-8(2)15-12-9/h4-6H,3,7H2,1-2H3. The molecule has 2 aromatic rings. The number of aryl methyl sites for hydroxylation is 2. The van der Waals surface area contributed by atoms with Crippen molar-refractivity contribution < 1.29 is 9.26 Å². The normalized spacial score (nSPS) is 10.5. The number of aromatic nitrogens is 3. The summed E-state index contributed by atoms with van der Waals surface area (Å²) < 4.78 is 12.2. The van der Waals surface area contributed by atoms with Crippen molar-refractivity contribution in [3.63, 3.8) is 0 Å². The molecule has 0 N–H and O–H groups in total. The average Bonchev–Trinajstić information content (AvgIpc) is 2.83. The lowest BCUT2D eigenvalue weighted by Crippen LogP contribution is -1.95. The molecule has 5 heteroatoms. The lowest BCUT2D eigenvalue weighted by molar-refractivity contribution is 0.287. The van der Waals surface area contributed by atoms with Gasteiger partial charge < -0.3 is 9.26 Å². The SMILES string of the molecule is CCn1cc(OCc2cc(C)on2)cn1. The molecule has 0 saturated carbocycles. The smallest absolute Gasteiger partial charge is 0.157 e. The third-order valence-electron chi connectivity index (χ3n) is 2.00. The van der Waals surface area contributed by atoms with Gasteiger partial charge in [0.15, 0.2) is 5.75 Å². The third-order valence-corrected chi connectivity index (χ3v) is 2.00. The molecule has 2 rings (SSSR count). The lowest BCUT2D eigenvalue weighted by atomic mass is 10.4. The minimum Gasteiger partial charge on any atom is -0.484 e. The van der Waals surface area contributed by atoms with Crippen molar-refractivity contribution >= 4 is 0 Å². The van der Waals surface area contributed by atoms with Gasteiger partial charge in [0.1, 0.15) is 18.1 Å². The summed E-state index contributed by atoms with van der Waals surface area (Å²) in [5.41, 5.74) is 0.789. The van der Waals surface area contributed by atoms with E-state index in [1.807, 2.05) is 30.8 Å². The fourth-order valence-corrected chi connectivity index (χ4v) is 1.24. The van der Waals surface area contributed by atoms with Gasteiger partial charge in [-0.25, -0.2) is 0 Å². The molecule has 2 aromatic heterocycles. The molecule has 0 atom stereocenters. The van der Waals surface area contributed by atoms with Crippen LogP contribution in [0.5, 0.6) is 5.75 Å². The van der Waals surface area contributed by atoms with Gasteiger partial charge in [-0.05, 0) is 13.8 Å². The number of nitrogens with zero attached hydrogens (tertiary/aromatic N) is 3. The Balaban J connectivity index is 1.93. The second kappa shape index (κ2) is 4.16. The summed E-state index contributed by atoms with van der Waals surface area (Å²) in [5, 5.41) is 7.93. The Morgan fingerprint density at radius 2 is 2.40 bits per heavy atom. The molecule has 0 unspecified atom stereocenters. The molecule has 0 radical (unpaired) electrons. The molecule has 0 aliphatic carbocycles. The Morgan fingerprint density at radius 3 is 3.00 bits per heavy atom. The summed E-state index contributed by atoms with van der Waals surface area (Å²) in [6.45, 7) is 5.13. The van der Waals surface area contributed by atoms with Gasteiger partial charge in [-0.1, -0.05) is 5.16 Å². The van der Waals surface area contributed by atoms with Gasteiger partial charge in [-0.3, -0.25) is 4.68 Å². The molecule has 0 aliphatic heterocycles. The summed E-state index contributed by atoms with van der Waals surface area (Å²) in [6, 6.07) is 1.85. The van der Waals surface area contributed by atoms with Crippen molar-refractivity contribution in [2.24, 2.45) is 0 Å². The van der Waals surface area contributed by atoms with Crippen LogP contribution in [0.3, 0.4) is 0 Å². The molecule has 0 bridgehead atoms. The van der Waals surface area contributed by atoms with Crippen LogP contribution in [0.1, 0.15) is 18.4 Å². The number of hydrogen-bond donors (Lipinski definition) is 0. The Morgan fingerprint density at radius 1 is 1.53 bits per heavy atom. The zero-order valence-corrected chi connectivity index (χ0v) is 8.80. The highest BCUT2D eigenvalue weighted by Crippen LogP contribution is 2.11. The topological polar surface area (TPSA) is 53.1 Å². The molecule has 15 heavy (non-hydrogen) atoms. The first-order valence-corrected chi connectivity index (χ1v) is 4.85. The average molecular weight is 207 g/mol. The fraction of sp³-hybridized carbons (Fsp3) is 0.400. The van der Waals surface area contributed by atoms with E-state index in [0.29, 0.717) is 6.61 Å². The van der Waals surface area contributed by atoms with Crippen LogP contribution in [0, 0.1) is 6.92 Å². The molecule has 5 nitrogen and oxygen atoms in total. The number of ether oxygens (including phenoxy) is 1. The Kier molecular flexibility index (Phi) is 2.71. The summed E-state index contributed by atoms with van der Waals surface area (Å²) in [6.07, 6.45) is 3.55. The van der Waals surface area contributed by atoms with E-state index >= 15 is 0 Å². The minimum absolute atomic E-state index is 0.409. The highest BCUT2D eigenvalue weighted by atomic mass is 16.5.